The van der Waals surface area contributed by atoms with Gasteiger partial charge in [0.25, 0.3) is 5.91 Å². The second-order valence-electron chi connectivity index (χ2n) is 8.52. The molecule has 4 aromatic rings. The summed E-state index contributed by atoms with van der Waals surface area (Å²) in [5.41, 5.74) is 3.06. The number of nitrogens with one attached hydrogen (secondary N) is 1. The second-order valence-corrected chi connectivity index (χ2v) is 9.53. The molecule has 0 aliphatic rings. The first-order valence-corrected chi connectivity index (χ1v) is 12.5. The van der Waals surface area contributed by atoms with E-state index in [1.54, 1.807) is 16.7 Å². The summed E-state index contributed by atoms with van der Waals surface area (Å²) in [7, 11) is 0. The summed E-state index contributed by atoms with van der Waals surface area (Å²) in [6, 6.07) is 22.0. The standard InChI is InChI=1S/C28H27N3O4S/c1-3-22(26(33)29-21(27(34)35)17-19-9-5-4-6-10-19)31-23-11-7-8-12-24(23)36-28(31)30-25(32)20-15-13-18(2)14-16-20/h4-16,21-22H,3,17H2,1-2H3,(H,29,33)(H,34,35)/t21-,22?/m1/s1. The number of aliphatic carboxylic acids is 1. The van der Waals surface area contributed by atoms with Gasteiger partial charge < -0.3 is 15.0 Å². The Kier molecular flexibility index (Phi) is 7.75. The van der Waals surface area contributed by atoms with Gasteiger partial charge in [-0.1, -0.05) is 78.4 Å². The van der Waals surface area contributed by atoms with Crippen molar-refractivity contribution in [3.05, 3.63) is 100 Å². The highest BCUT2D eigenvalue weighted by molar-refractivity contribution is 7.16. The van der Waals surface area contributed by atoms with Crippen LogP contribution in [-0.4, -0.2) is 33.5 Å². The van der Waals surface area contributed by atoms with E-state index in [0.29, 0.717) is 16.8 Å². The molecule has 184 valence electrons. The number of carboxylic acid groups (broad SMARTS) is 1. The number of carboxylic acids is 1. The molecule has 4 rings (SSSR count). The molecule has 8 heteroatoms. The molecule has 7 nitrogen and oxygen atoms in total. The van der Waals surface area contributed by atoms with Gasteiger partial charge in [-0.05, 0) is 43.2 Å². The molecular weight excluding hydrogens is 474 g/mol. The van der Waals surface area contributed by atoms with E-state index in [1.807, 2.05) is 80.6 Å². The molecule has 0 radical (unpaired) electrons. The summed E-state index contributed by atoms with van der Waals surface area (Å²) in [6.07, 6.45) is 0.548. The molecule has 0 aliphatic carbocycles. The minimum absolute atomic E-state index is 0.163. The zero-order valence-electron chi connectivity index (χ0n) is 20.0. The second kappa shape index (κ2) is 11.1. The molecule has 0 aliphatic heterocycles. The minimum atomic E-state index is -1.11. The van der Waals surface area contributed by atoms with Crippen LogP contribution in [0.4, 0.5) is 0 Å². The molecular formula is C28H27N3O4S. The van der Waals surface area contributed by atoms with Crippen LogP contribution in [0.5, 0.6) is 0 Å². The number of benzene rings is 3. The van der Waals surface area contributed by atoms with Crippen LogP contribution in [0.2, 0.25) is 0 Å². The highest BCUT2D eigenvalue weighted by Crippen LogP contribution is 2.23. The maximum absolute atomic E-state index is 13.4. The van der Waals surface area contributed by atoms with Crippen LogP contribution >= 0.6 is 11.3 Å². The number of rotatable bonds is 8. The molecule has 3 aromatic carbocycles. The number of amides is 2. The normalized spacial score (nSPS) is 13.3. The lowest BCUT2D eigenvalue weighted by molar-refractivity contribution is -0.142. The van der Waals surface area contributed by atoms with Gasteiger partial charge in [-0.25, -0.2) is 4.79 Å². The number of carbonyl (C=O) groups is 3. The van der Waals surface area contributed by atoms with Gasteiger partial charge in [0.1, 0.15) is 12.1 Å². The smallest absolute Gasteiger partial charge is 0.326 e. The predicted octanol–water partition coefficient (Wildman–Crippen LogP) is 4.52. The van der Waals surface area contributed by atoms with Crippen LogP contribution in [-0.2, 0) is 16.0 Å². The van der Waals surface area contributed by atoms with Crippen LogP contribution in [0.25, 0.3) is 10.2 Å². The van der Waals surface area contributed by atoms with Crippen molar-refractivity contribution in [1.29, 1.82) is 0 Å². The molecule has 1 heterocycles. The number of thiazole rings is 1. The van der Waals surface area contributed by atoms with Crippen molar-refractivity contribution in [2.24, 2.45) is 4.99 Å². The average molecular weight is 502 g/mol. The Labute approximate surface area is 212 Å². The average Bonchev–Trinajstić information content (AvgIpc) is 3.22. The van der Waals surface area contributed by atoms with Gasteiger partial charge in [-0.2, -0.15) is 4.99 Å². The Hall–Kier alpha value is -4.04. The van der Waals surface area contributed by atoms with Crippen molar-refractivity contribution >= 4 is 39.3 Å². The lowest BCUT2D eigenvalue weighted by Gasteiger charge is -2.21. The molecule has 2 N–H and O–H groups in total. The molecule has 1 unspecified atom stereocenters. The number of hydrogen-bond acceptors (Lipinski definition) is 4. The van der Waals surface area contributed by atoms with Crippen LogP contribution in [0.1, 0.15) is 40.9 Å². The van der Waals surface area contributed by atoms with Gasteiger partial charge in [-0.15, -0.1) is 0 Å². The van der Waals surface area contributed by atoms with Gasteiger partial charge in [0.2, 0.25) is 5.91 Å². The molecule has 0 fully saturated rings. The molecule has 0 saturated heterocycles. The Balaban J connectivity index is 1.71. The quantitative estimate of drug-likeness (QED) is 0.371. The van der Waals surface area contributed by atoms with E-state index in [9.17, 15) is 19.5 Å². The van der Waals surface area contributed by atoms with Crippen molar-refractivity contribution in [2.75, 3.05) is 0 Å². The van der Waals surface area contributed by atoms with E-state index in [0.717, 1.165) is 21.3 Å². The molecule has 0 saturated carbocycles. The van der Waals surface area contributed by atoms with Crippen LogP contribution in [0, 0.1) is 6.92 Å². The van der Waals surface area contributed by atoms with Crippen LogP contribution in [0.15, 0.2) is 83.9 Å². The van der Waals surface area contributed by atoms with Crippen molar-refractivity contribution in [3.63, 3.8) is 0 Å². The fourth-order valence-electron chi connectivity index (χ4n) is 4.02. The fourth-order valence-corrected chi connectivity index (χ4v) is 5.09. The van der Waals surface area contributed by atoms with Gasteiger partial charge in [0, 0.05) is 12.0 Å². The van der Waals surface area contributed by atoms with Gasteiger partial charge in [0.15, 0.2) is 4.80 Å². The number of nitrogens with zero attached hydrogens (tertiary/aromatic N) is 2. The predicted molar refractivity (Wildman–Crippen MR) is 140 cm³/mol. The van der Waals surface area contributed by atoms with Crippen LogP contribution < -0.4 is 10.1 Å². The first kappa shape index (κ1) is 25.1. The lowest BCUT2D eigenvalue weighted by Crippen LogP contribution is -2.46. The Morgan fingerprint density at radius 3 is 2.31 bits per heavy atom. The monoisotopic (exact) mass is 501 g/mol. The summed E-state index contributed by atoms with van der Waals surface area (Å²) in [6.45, 7) is 3.79. The van der Waals surface area contributed by atoms with E-state index in [4.69, 9.17) is 0 Å². The molecule has 0 spiro atoms. The highest BCUT2D eigenvalue weighted by atomic mass is 32.1. The first-order chi connectivity index (χ1) is 17.4. The summed E-state index contributed by atoms with van der Waals surface area (Å²) in [5, 5.41) is 12.5. The number of aromatic nitrogens is 1. The first-order valence-electron chi connectivity index (χ1n) is 11.7. The van der Waals surface area contributed by atoms with Crippen molar-refractivity contribution in [1.82, 2.24) is 9.88 Å². The van der Waals surface area contributed by atoms with E-state index >= 15 is 0 Å². The Bertz CT molecular complexity index is 1460. The zero-order chi connectivity index (χ0) is 25.7. The van der Waals surface area contributed by atoms with Crippen LogP contribution in [0.3, 0.4) is 0 Å². The van der Waals surface area contributed by atoms with E-state index in [-0.39, 0.29) is 6.42 Å². The summed E-state index contributed by atoms with van der Waals surface area (Å²) in [4.78, 5) is 43.1. The topological polar surface area (TPSA) is 101 Å². The number of aryl methyl sites for hydroxylation is 1. The Morgan fingerprint density at radius 1 is 0.972 bits per heavy atom. The zero-order valence-corrected chi connectivity index (χ0v) is 20.9. The largest absolute Gasteiger partial charge is 0.480 e. The third kappa shape index (κ3) is 5.60. The maximum Gasteiger partial charge on any atom is 0.326 e. The van der Waals surface area contributed by atoms with Crippen molar-refractivity contribution in [3.8, 4) is 0 Å². The number of carbonyl (C=O) groups excluding carboxylic acids is 2. The molecule has 2 atom stereocenters. The number of para-hydroxylation sites is 1. The summed E-state index contributed by atoms with van der Waals surface area (Å²) < 4.78 is 2.61. The third-order valence-corrected chi connectivity index (χ3v) is 6.96. The Morgan fingerprint density at radius 2 is 1.64 bits per heavy atom. The van der Waals surface area contributed by atoms with Gasteiger partial charge in [0.05, 0.1) is 10.2 Å². The number of hydrogen-bond donors (Lipinski definition) is 2. The van der Waals surface area contributed by atoms with Gasteiger partial charge in [-0.3, -0.25) is 9.59 Å². The maximum atomic E-state index is 13.4. The third-order valence-electron chi connectivity index (χ3n) is 5.93. The summed E-state index contributed by atoms with van der Waals surface area (Å²) in [5.74, 6) is -1.95. The highest BCUT2D eigenvalue weighted by Gasteiger charge is 2.27. The molecule has 0 bridgehead atoms. The van der Waals surface area contributed by atoms with Gasteiger partial charge >= 0.3 is 5.97 Å². The minimum Gasteiger partial charge on any atom is -0.480 e. The lowest BCUT2D eigenvalue weighted by atomic mass is 10.1. The van der Waals surface area contributed by atoms with E-state index in [1.165, 1.54) is 11.3 Å². The summed E-state index contributed by atoms with van der Waals surface area (Å²) >= 11 is 1.32. The number of fused-ring (bicyclic) bond motifs is 1. The molecule has 36 heavy (non-hydrogen) atoms. The molecule has 2 amide bonds. The van der Waals surface area contributed by atoms with Crippen molar-refractivity contribution < 1.29 is 19.5 Å². The fraction of sp³-hybridized carbons (Fsp3) is 0.214. The van der Waals surface area contributed by atoms with E-state index < -0.39 is 29.9 Å². The molecule has 1 aromatic heterocycles. The van der Waals surface area contributed by atoms with E-state index in [2.05, 4.69) is 10.3 Å². The van der Waals surface area contributed by atoms with Crippen molar-refractivity contribution in [2.45, 2.75) is 38.8 Å². The SMILES string of the molecule is CCC(C(=O)N[C@H](Cc1ccccc1)C(=O)O)n1c(=NC(=O)c2ccc(C)cc2)sc2ccccc21.